The Morgan fingerprint density at radius 3 is 2.82 bits per heavy atom. The molecule has 7 nitrogen and oxygen atoms in total. The van der Waals surface area contributed by atoms with Gasteiger partial charge in [-0.25, -0.2) is 0 Å². The lowest BCUT2D eigenvalue weighted by Gasteiger charge is -2.18. The lowest BCUT2D eigenvalue weighted by Crippen LogP contribution is -2.32. The number of ether oxygens (including phenoxy) is 1. The van der Waals surface area contributed by atoms with Crippen LogP contribution in [0, 0.1) is 6.92 Å². The minimum absolute atomic E-state index is 0.0878. The van der Waals surface area contributed by atoms with Crippen molar-refractivity contribution in [3.05, 3.63) is 84.2 Å². The van der Waals surface area contributed by atoms with Crippen LogP contribution in [0.1, 0.15) is 17.5 Å². The summed E-state index contributed by atoms with van der Waals surface area (Å²) >= 11 is 0. The van der Waals surface area contributed by atoms with Gasteiger partial charge in [-0.3, -0.25) is 9.78 Å². The Labute approximate surface area is 192 Å². The zero-order valence-corrected chi connectivity index (χ0v) is 18.3. The molecule has 0 aliphatic carbocycles. The molecular formula is C26H24N4O3. The number of hydrogen-bond acceptors (Lipinski definition) is 6. The minimum atomic E-state index is -0.0878. The van der Waals surface area contributed by atoms with Gasteiger partial charge in [0.25, 0.3) is 5.89 Å². The third-order valence-corrected chi connectivity index (χ3v) is 5.71. The van der Waals surface area contributed by atoms with Gasteiger partial charge in [0.05, 0.1) is 18.5 Å². The van der Waals surface area contributed by atoms with Gasteiger partial charge in [-0.05, 0) is 36.8 Å². The second-order valence-electron chi connectivity index (χ2n) is 8.19. The molecule has 2 aromatic heterocycles. The number of pyridine rings is 1. The number of rotatable bonds is 6. The SMILES string of the molecule is Cc1cccc(CC(=O)N2CCC(Oc3ccccc3-c3nc(-c4ccncc4)no3)C2)c1. The van der Waals surface area contributed by atoms with Crippen molar-refractivity contribution in [2.45, 2.75) is 25.9 Å². The molecule has 3 heterocycles. The van der Waals surface area contributed by atoms with Gasteiger partial charge in [0.1, 0.15) is 11.9 Å². The van der Waals surface area contributed by atoms with Crippen molar-refractivity contribution >= 4 is 5.91 Å². The van der Waals surface area contributed by atoms with Crippen molar-refractivity contribution in [3.63, 3.8) is 0 Å². The summed E-state index contributed by atoms with van der Waals surface area (Å²) in [6, 6.07) is 19.3. The van der Waals surface area contributed by atoms with E-state index >= 15 is 0 Å². The van der Waals surface area contributed by atoms with Crippen LogP contribution in [0.15, 0.2) is 77.6 Å². The number of benzene rings is 2. The molecule has 33 heavy (non-hydrogen) atoms. The molecule has 1 atom stereocenters. The van der Waals surface area contributed by atoms with Gasteiger partial charge in [0.15, 0.2) is 0 Å². The number of aromatic nitrogens is 3. The molecule has 5 rings (SSSR count). The van der Waals surface area contributed by atoms with Crippen LogP contribution in [0.2, 0.25) is 0 Å². The average molecular weight is 441 g/mol. The molecule has 166 valence electrons. The van der Waals surface area contributed by atoms with E-state index in [1.807, 2.05) is 66.4 Å². The van der Waals surface area contributed by atoms with Crippen LogP contribution >= 0.6 is 0 Å². The number of amides is 1. The van der Waals surface area contributed by atoms with Crippen LogP contribution in [0.4, 0.5) is 0 Å². The van der Waals surface area contributed by atoms with Gasteiger partial charge < -0.3 is 14.2 Å². The standard InChI is InChI=1S/C26H24N4O3/c1-18-5-4-6-19(15-18)16-24(31)30-14-11-21(17-30)32-23-8-3-2-7-22(23)26-28-25(29-33-26)20-9-12-27-13-10-20/h2-10,12-13,15,21H,11,14,16-17H2,1H3. The number of hydrogen-bond donors (Lipinski definition) is 0. The van der Waals surface area contributed by atoms with Crippen molar-refractivity contribution in [1.29, 1.82) is 0 Å². The highest BCUT2D eigenvalue weighted by Gasteiger charge is 2.28. The molecule has 0 N–H and O–H groups in total. The van der Waals surface area contributed by atoms with Gasteiger partial charge in [-0.15, -0.1) is 0 Å². The number of likely N-dealkylation sites (tertiary alicyclic amines) is 1. The van der Waals surface area contributed by atoms with Crippen LogP contribution in [0.25, 0.3) is 22.8 Å². The Bertz CT molecular complexity index is 1260. The molecule has 4 aromatic rings. The Hall–Kier alpha value is -4.00. The molecule has 0 radical (unpaired) electrons. The molecule has 7 heteroatoms. The topological polar surface area (TPSA) is 81.4 Å². The lowest BCUT2D eigenvalue weighted by atomic mass is 10.1. The van der Waals surface area contributed by atoms with Gasteiger partial charge in [0, 0.05) is 30.9 Å². The van der Waals surface area contributed by atoms with E-state index in [0.717, 1.165) is 28.7 Å². The number of carbonyl (C=O) groups is 1. The van der Waals surface area contributed by atoms with E-state index in [-0.39, 0.29) is 12.0 Å². The molecule has 0 spiro atoms. The quantitative estimate of drug-likeness (QED) is 0.444. The largest absolute Gasteiger partial charge is 0.488 e. The summed E-state index contributed by atoms with van der Waals surface area (Å²) in [5.41, 5.74) is 3.76. The van der Waals surface area contributed by atoms with Crippen molar-refractivity contribution in [3.8, 4) is 28.6 Å². The zero-order chi connectivity index (χ0) is 22.6. The molecule has 0 saturated carbocycles. The fraction of sp³-hybridized carbons (Fsp3) is 0.231. The summed E-state index contributed by atoms with van der Waals surface area (Å²) in [6.45, 7) is 3.28. The Kier molecular flexibility index (Phi) is 5.85. The first-order chi connectivity index (χ1) is 16.2. The number of carbonyl (C=O) groups excluding carboxylic acids is 1. The minimum Gasteiger partial charge on any atom is -0.488 e. The summed E-state index contributed by atoms with van der Waals surface area (Å²) in [6.07, 6.45) is 4.48. The third kappa shape index (κ3) is 4.77. The summed E-state index contributed by atoms with van der Waals surface area (Å²) in [7, 11) is 0. The zero-order valence-electron chi connectivity index (χ0n) is 18.3. The highest BCUT2D eigenvalue weighted by Crippen LogP contribution is 2.32. The first-order valence-corrected chi connectivity index (χ1v) is 11.0. The predicted octanol–water partition coefficient (Wildman–Crippen LogP) is 4.33. The van der Waals surface area contributed by atoms with E-state index in [1.54, 1.807) is 12.4 Å². The fourth-order valence-corrected chi connectivity index (χ4v) is 4.04. The highest BCUT2D eigenvalue weighted by atomic mass is 16.5. The van der Waals surface area contributed by atoms with Gasteiger partial charge >= 0.3 is 0 Å². The molecule has 1 aliphatic rings. The summed E-state index contributed by atoms with van der Waals surface area (Å²) in [5, 5.41) is 4.09. The van der Waals surface area contributed by atoms with Crippen molar-refractivity contribution < 1.29 is 14.1 Å². The van der Waals surface area contributed by atoms with E-state index < -0.39 is 0 Å². The maximum absolute atomic E-state index is 12.8. The van der Waals surface area contributed by atoms with Gasteiger partial charge in [-0.1, -0.05) is 47.1 Å². The first-order valence-electron chi connectivity index (χ1n) is 11.0. The molecule has 1 fully saturated rings. The number of nitrogens with zero attached hydrogens (tertiary/aromatic N) is 4. The highest BCUT2D eigenvalue weighted by molar-refractivity contribution is 5.79. The average Bonchev–Trinajstić information content (AvgIpc) is 3.50. The molecule has 0 bridgehead atoms. The summed E-state index contributed by atoms with van der Waals surface area (Å²) < 4.78 is 11.8. The maximum Gasteiger partial charge on any atom is 0.262 e. The van der Waals surface area contributed by atoms with E-state index in [4.69, 9.17) is 9.26 Å². The van der Waals surface area contributed by atoms with Crippen molar-refractivity contribution in [2.75, 3.05) is 13.1 Å². The normalized spacial score (nSPS) is 15.5. The molecule has 1 unspecified atom stereocenters. The Morgan fingerprint density at radius 2 is 1.97 bits per heavy atom. The summed E-state index contributed by atoms with van der Waals surface area (Å²) in [5.74, 6) is 1.68. The van der Waals surface area contributed by atoms with Crippen molar-refractivity contribution in [1.82, 2.24) is 20.0 Å². The van der Waals surface area contributed by atoms with Crippen molar-refractivity contribution in [2.24, 2.45) is 0 Å². The van der Waals surface area contributed by atoms with Gasteiger partial charge in [-0.2, -0.15) is 4.98 Å². The second kappa shape index (κ2) is 9.24. The Balaban J connectivity index is 1.27. The molecule has 2 aromatic carbocycles. The molecule has 1 amide bonds. The van der Waals surface area contributed by atoms with Gasteiger partial charge in [0.2, 0.25) is 11.7 Å². The van der Waals surface area contributed by atoms with E-state index in [1.165, 1.54) is 0 Å². The fourth-order valence-electron chi connectivity index (χ4n) is 4.04. The number of aryl methyl sites for hydroxylation is 1. The molecule has 1 saturated heterocycles. The smallest absolute Gasteiger partial charge is 0.262 e. The van der Waals surface area contributed by atoms with E-state index in [9.17, 15) is 4.79 Å². The third-order valence-electron chi connectivity index (χ3n) is 5.71. The van der Waals surface area contributed by atoms with Crippen LogP contribution in [-0.4, -0.2) is 45.1 Å². The predicted molar refractivity (Wildman–Crippen MR) is 123 cm³/mol. The number of para-hydroxylation sites is 1. The summed E-state index contributed by atoms with van der Waals surface area (Å²) in [4.78, 5) is 23.2. The Morgan fingerprint density at radius 1 is 1.12 bits per heavy atom. The first kappa shape index (κ1) is 20.9. The monoisotopic (exact) mass is 440 g/mol. The maximum atomic E-state index is 12.8. The van der Waals surface area contributed by atoms with Crippen LogP contribution in [0.3, 0.4) is 0 Å². The van der Waals surface area contributed by atoms with E-state index in [0.29, 0.717) is 37.0 Å². The van der Waals surface area contributed by atoms with E-state index in [2.05, 4.69) is 21.2 Å². The molecular weight excluding hydrogens is 416 g/mol. The van der Waals surface area contributed by atoms with Crippen LogP contribution < -0.4 is 4.74 Å². The molecule has 1 aliphatic heterocycles. The van der Waals surface area contributed by atoms with Crippen LogP contribution in [-0.2, 0) is 11.2 Å². The van der Waals surface area contributed by atoms with Crippen LogP contribution in [0.5, 0.6) is 5.75 Å². The second-order valence-corrected chi connectivity index (χ2v) is 8.19. The lowest BCUT2D eigenvalue weighted by molar-refractivity contribution is -0.129.